The van der Waals surface area contributed by atoms with Crippen molar-refractivity contribution in [3.05, 3.63) is 73.3 Å². The molecule has 2 aromatic carbocycles. The molecule has 0 aliphatic carbocycles. The van der Waals surface area contributed by atoms with Gasteiger partial charge in [-0.25, -0.2) is 0 Å². The average Bonchev–Trinajstić information content (AvgIpc) is 2.97. The van der Waals surface area contributed by atoms with E-state index in [2.05, 4.69) is 21.2 Å². The Morgan fingerprint density at radius 1 is 1.04 bits per heavy atom. The molecule has 0 unspecified atom stereocenters. The number of rotatable bonds is 3. The summed E-state index contributed by atoms with van der Waals surface area (Å²) in [4.78, 5) is 12.4. The summed E-state index contributed by atoms with van der Waals surface area (Å²) in [6.45, 7) is 0. The minimum atomic E-state index is -0.161. The fourth-order valence-corrected chi connectivity index (χ4v) is 3.70. The van der Waals surface area contributed by atoms with Crippen LogP contribution in [0.4, 0.5) is 5.69 Å². The van der Waals surface area contributed by atoms with Crippen LogP contribution in [0.3, 0.4) is 0 Å². The molecule has 23 heavy (non-hydrogen) atoms. The van der Waals surface area contributed by atoms with Gasteiger partial charge in [-0.3, -0.25) is 4.79 Å². The first-order valence-electron chi connectivity index (χ1n) is 6.65. The van der Waals surface area contributed by atoms with E-state index in [1.165, 1.54) is 11.3 Å². The summed E-state index contributed by atoms with van der Waals surface area (Å²) in [6, 6.07) is 14.8. The molecule has 0 fully saturated rings. The molecule has 0 saturated carbocycles. The zero-order chi connectivity index (χ0) is 16.4. The van der Waals surface area contributed by atoms with E-state index < -0.39 is 0 Å². The number of anilines is 1. The summed E-state index contributed by atoms with van der Waals surface area (Å²) in [5, 5.41) is 5.79. The summed E-state index contributed by atoms with van der Waals surface area (Å²) in [7, 11) is 0. The number of hydrogen-bond acceptors (Lipinski definition) is 2. The third-order valence-corrected chi connectivity index (χ3v) is 5.69. The monoisotopic (exact) mass is 425 g/mol. The lowest BCUT2D eigenvalue weighted by Crippen LogP contribution is -2.12. The Labute approximate surface area is 156 Å². The van der Waals surface area contributed by atoms with Crippen molar-refractivity contribution in [1.82, 2.24) is 0 Å². The molecule has 0 radical (unpaired) electrons. The van der Waals surface area contributed by atoms with E-state index in [0.717, 1.165) is 14.9 Å². The predicted molar refractivity (Wildman–Crippen MR) is 102 cm³/mol. The number of thiophene rings is 1. The van der Waals surface area contributed by atoms with E-state index >= 15 is 0 Å². The standard InChI is InChI=1S/C17H10BrCl2NOS/c18-16-12(7-8-23-16)17(22)21-15-4-2-1-3-11(15)10-5-6-13(19)14(20)9-10/h1-9H,(H,21,22). The second-order valence-electron chi connectivity index (χ2n) is 4.74. The van der Waals surface area contributed by atoms with E-state index in [4.69, 9.17) is 23.2 Å². The van der Waals surface area contributed by atoms with Gasteiger partial charge in [0, 0.05) is 11.3 Å². The highest BCUT2D eigenvalue weighted by Gasteiger charge is 2.14. The van der Waals surface area contributed by atoms with Crippen LogP contribution in [0.15, 0.2) is 57.7 Å². The first kappa shape index (κ1) is 16.5. The van der Waals surface area contributed by atoms with Crippen LogP contribution in [0.5, 0.6) is 0 Å². The molecule has 116 valence electrons. The lowest BCUT2D eigenvalue weighted by Gasteiger charge is -2.12. The molecule has 3 rings (SSSR count). The van der Waals surface area contributed by atoms with Crippen molar-refractivity contribution in [2.45, 2.75) is 0 Å². The number of benzene rings is 2. The first-order chi connectivity index (χ1) is 11.1. The third kappa shape index (κ3) is 3.61. The molecule has 0 bridgehead atoms. The molecule has 1 heterocycles. The number of hydrogen-bond donors (Lipinski definition) is 1. The van der Waals surface area contributed by atoms with E-state index in [1.807, 2.05) is 35.7 Å². The van der Waals surface area contributed by atoms with Crippen LogP contribution < -0.4 is 5.32 Å². The van der Waals surface area contributed by atoms with Crippen LogP contribution in [-0.2, 0) is 0 Å². The maximum Gasteiger partial charge on any atom is 0.257 e. The lowest BCUT2D eigenvalue weighted by atomic mass is 10.0. The summed E-state index contributed by atoms with van der Waals surface area (Å²) < 4.78 is 0.807. The Bertz CT molecular complexity index is 879. The lowest BCUT2D eigenvalue weighted by molar-refractivity contribution is 0.102. The second-order valence-corrected chi connectivity index (χ2v) is 7.78. The molecule has 0 aliphatic rings. The smallest absolute Gasteiger partial charge is 0.257 e. The highest BCUT2D eigenvalue weighted by molar-refractivity contribution is 9.11. The van der Waals surface area contributed by atoms with Crippen LogP contribution in [0, 0.1) is 0 Å². The van der Waals surface area contributed by atoms with Crippen molar-refractivity contribution < 1.29 is 4.79 Å². The first-order valence-corrected chi connectivity index (χ1v) is 9.08. The Balaban J connectivity index is 1.96. The van der Waals surface area contributed by atoms with E-state index in [-0.39, 0.29) is 5.91 Å². The summed E-state index contributed by atoms with van der Waals surface area (Å²) in [5.74, 6) is -0.161. The van der Waals surface area contributed by atoms with Crippen molar-refractivity contribution in [2.24, 2.45) is 0 Å². The van der Waals surface area contributed by atoms with Gasteiger partial charge < -0.3 is 5.32 Å². The van der Waals surface area contributed by atoms with Crippen molar-refractivity contribution in [3.63, 3.8) is 0 Å². The molecule has 1 amide bonds. The predicted octanol–water partition coefficient (Wildman–Crippen LogP) is 6.74. The quantitative estimate of drug-likeness (QED) is 0.493. The molecule has 1 aromatic heterocycles. The minimum Gasteiger partial charge on any atom is -0.321 e. The van der Waals surface area contributed by atoms with Gasteiger partial charge in [0.2, 0.25) is 0 Å². The van der Waals surface area contributed by atoms with E-state index in [1.54, 1.807) is 18.2 Å². The van der Waals surface area contributed by atoms with Gasteiger partial charge >= 0.3 is 0 Å². The van der Waals surface area contributed by atoms with Gasteiger partial charge in [-0.2, -0.15) is 0 Å². The molecule has 0 atom stereocenters. The van der Waals surface area contributed by atoms with Gasteiger partial charge in [-0.05, 0) is 51.1 Å². The van der Waals surface area contributed by atoms with Gasteiger partial charge in [0.1, 0.15) is 0 Å². The van der Waals surface area contributed by atoms with Crippen molar-refractivity contribution >= 4 is 62.1 Å². The topological polar surface area (TPSA) is 29.1 Å². The number of amides is 1. The average molecular weight is 427 g/mol. The van der Waals surface area contributed by atoms with Crippen molar-refractivity contribution in [3.8, 4) is 11.1 Å². The van der Waals surface area contributed by atoms with Crippen molar-refractivity contribution in [2.75, 3.05) is 5.32 Å². The zero-order valence-electron chi connectivity index (χ0n) is 11.6. The molecule has 2 nitrogen and oxygen atoms in total. The van der Waals surface area contributed by atoms with Crippen LogP contribution in [-0.4, -0.2) is 5.91 Å². The molecule has 1 N–H and O–H groups in total. The molecule has 0 aliphatic heterocycles. The maximum atomic E-state index is 12.4. The van der Waals surface area contributed by atoms with Crippen molar-refractivity contribution in [1.29, 1.82) is 0 Å². The molecule has 0 saturated heterocycles. The molecule has 6 heteroatoms. The largest absolute Gasteiger partial charge is 0.321 e. The number of para-hydroxylation sites is 1. The number of halogens is 3. The number of carbonyl (C=O) groups is 1. The fraction of sp³-hybridized carbons (Fsp3) is 0. The van der Waals surface area contributed by atoms with Crippen LogP contribution in [0.25, 0.3) is 11.1 Å². The normalized spacial score (nSPS) is 10.6. The van der Waals surface area contributed by atoms with E-state index in [9.17, 15) is 4.79 Å². The Hall–Kier alpha value is -1.33. The Kier molecular flexibility index (Phi) is 5.07. The van der Waals surface area contributed by atoms with Crippen LogP contribution in [0.1, 0.15) is 10.4 Å². The second kappa shape index (κ2) is 7.05. The SMILES string of the molecule is O=C(Nc1ccccc1-c1ccc(Cl)c(Cl)c1)c1ccsc1Br. The fourth-order valence-electron chi connectivity index (χ4n) is 2.15. The van der Waals surface area contributed by atoms with Crippen LogP contribution in [0.2, 0.25) is 10.0 Å². The number of carbonyl (C=O) groups excluding carboxylic acids is 1. The van der Waals surface area contributed by atoms with Gasteiger partial charge in [0.25, 0.3) is 5.91 Å². The summed E-state index contributed by atoms with van der Waals surface area (Å²) in [5.41, 5.74) is 3.10. The maximum absolute atomic E-state index is 12.4. The minimum absolute atomic E-state index is 0.161. The summed E-state index contributed by atoms with van der Waals surface area (Å²) >= 11 is 16.9. The van der Waals surface area contributed by atoms with Crippen LogP contribution >= 0.6 is 50.5 Å². The molecule has 0 spiro atoms. The molecule has 3 aromatic rings. The molecular formula is C17H10BrCl2NOS. The van der Waals surface area contributed by atoms with Gasteiger partial charge in [0.15, 0.2) is 0 Å². The van der Waals surface area contributed by atoms with E-state index in [0.29, 0.717) is 21.3 Å². The highest BCUT2D eigenvalue weighted by Crippen LogP contribution is 2.33. The van der Waals surface area contributed by atoms with Gasteiger partial charge in [0.05, 0.1) is 19.4 Å². The zero-order valence-corrected chi connectivity index (χ0v) is 15.6. The number of nitrogens with one attached hydrogen (secondary N) is 1. The Morgan fingerprint density at radius 2 is 1.83 bits per heavy atom. The highest BCUT2D eigenvalue weighted by atomic mass is 79.9. The Morgan fingerprint density at radius 3 is 2.52 bits per heavy atom. The summed E-state index contributed by atoms with van der Waals surface area (Å²) in [6.07, 6.45) is 0. The third-order valence-electron chi connectivity index (χ3n) is 3.27. The molecular weight excluding hydrogens is 417 g/mol. The van der Waals surface area contributed by atoms with Gasteiger partial charge in [-0.1, -0.05) is 47.5 Å². The van der Waals surface area contributed by atoms with Gasteiger partial charge in [-0.15, -0.1) is 11.3 Å².